The summed E-state index contributed by atoms with van der Waals surface area (Å²) in [6.07, 6.45) is 2.34. The summed E-state index contributed by atoms with van der Waals surface area (Å²) in [5.74, 6) is 1.72. The smallest absolute Gasteiger partial charge is 0.320 e. The molecule has 2 saturated carbocycles. The van der Waals surface area contributed by atoms with Gasteiger partial charge in [0.1, 0.15) is 0 Å². The van der Waals surface area contributed by atoms with Gasteiger partial charge in [-0.25, -0.2) is 0 Å². The number of hydrogen-bond donors (Lipinski definition) is 0. The highest BCUT2D eigenvalue weighted by Gasteiger charge is 2.65. The van der Waals surface area contributed by atoms with E-state index in [1.807, 2.05) is 0 Å². The third-order valence-corrected chi connectivity index (χ3v) is 5.17. The van der Waals surface area contributed by atoms with E-state index in [9.17, 15) is 9.59 Å². The number of fused-ring (bicyclic) bond motifs is 3. The molecule has 3 nitrogen and oxygen atoms in total. The molecule has 3 aliphatic rings. The summed E-state index contributed by atoms with van der Waals surface area (Å²) in [5.41, 5.74) is -0.423. The van der Waals surface area contributed by atoms with Crippen molar-refractivity contribution in [2.75, 3.05) is 0 Å². The second-order valence-electron chi connectivity index (χ2n) is 5.62. The first-order valence-electron chi connectivity index (χ1n) is 5.80. The van der Waals surface area contributed by atoms with Crippen LogP contribution < -0.4 is 0 Å². The Morgan fingerprint density at radius 3 is 2.47 bits per heavy atom. The molecule has 15 heavy (non-hydrogen) atoms. The number of cyclic esters (lactones) is 2. The molecule has 1 aliphatic heterocycles. The van der Waals surface area contributed by atoms with Gasteiger partial charge in [0.25, 0.3) is 0 Å². The van der Waals surface area contributed by atoms with E-state index >= 15 is 0 Å². The van der Waals surface area contributed by atoms with Crippen LogP contribution in [-0.2, 0) is 14.3 Å². The lowest BCUT2D eigenvalue weighted by Gasteiger charge is -2.36. The van der Waals surface area contributed by atoms with Gasteiger partial charge in [-0.3, -0.25) is 9.59 Å². The minimum Gasteiger partial charge on any atom is -0.393 e. The van der Waals surface area contributed by atoms with Crippen LogP contribution in [0.2, 0.25) is 0 Å². The molecule has 0 aromatic carbocycles. The van der Waals surface area contributed by atoms with Gasteiger partial charge in [0.05, 0.1) is 11.8 Å². The maximum atomic E-state index is 11.8. The van der Waals surface area contributed by atoms with Crippen molar-refractivity contribution in [2.24, 2.45) is 29.1 Å². The van der Waals surface area contributed by atoms with Crippen molar-refractivity contribution in [3.05, 3.63) is 0 Å². The van der Waals surface area contributed by atoms with Crippen molar-refractivity contribution in [2.45, 2.75) is 33.1 Å². The van der Waals surface area contributed by atoms with Gasteiger partial charge in [0, 0.05) is 0 Å². The van der Waals surface area contributed by atoms with Crippen LogP contribution in [0, 0.1) is 29.1 Å². The first kappa shape index (κ1) is 9.37. The Morgan fingerprint density at radius 2 is 2.00 bits per heavy atom. The van der Waals surface area contributed by atoms with Crippen LogP contribution in [0.25, 0.3) is 0 Å². The molecule has 2 aliphatic carbocycles. The Morgan fingerprint density at radius 1 is 1.27 bits per heavy atom. The van der Waals surface area contributed by atoms with Crippen LogP contribution in [0.4, 0.5) is 0 Å². The van der Waals surface area contributed by atoms with Crippen LogP contribution in [0.1, 0.15) is 33.1 Å². The van der Waals surface area contributed by atoms with Gasteiger partial charge in [-0.1, -0.05) is 13.8 Å². The zero-order chi connectivity index (χ0) is 10.8. The van der Waals surface area contributed by atoms with E-state index in [1.165, 1.54) is 0 Å². The van der Waals surface area contributed by atoms with Gasteiger partial charge in [0.2, 0.25) is 0 Å². The number of rotatable bonds is 0. The summed E-state index contributed by atoms with van der Waals surface area (Å²) < 4.78 is 4.76. The lowest BCUT2D eigenvalue weighted by atomic mass is 9.65. The molecular formula is C12H16O3. The molecule has 82 valence electrons. The molecule has 0 aromatic rings. The Bertz CT molecular complexity index is 347. The second kappa shape index (κ2) is 2.63. The first-order chi connectivity index (χ1) is 7.04. The predicted molar refractivity (Wildman–Crippen MR) is 52.7 cm³/mol. The van der Waals surface area contributed by atoms with Crippen molar-refractivity contribution >= 4 is 11.9 Å². The standard InChI is InChI=1S/C12H16O3/c1-6-7(2)9-3-8(6)4-12(9)5-10(13)15-11(12)14/h6-9H,3-5H2,1-2H3. The van der Waals surface area contributed by atoms with Crippen molar-refractivity contribution < 1.29 is 14.3 Å². The van der Waals surface area contributed by atoms with E-state index in [1.54, 1.807) is 0 Å². The molecule has 2 bridgehead atoms. The summed E-state index contributed by atoms with van der Waals surface area (Å²) in [7, 11) is 0. The third kappa shape index (κ3) is 0.963. The zero-order valence-electron chi connectivity index (χ0n) is 9.16. The molecule has 0 N–H and O–H groups in total. The van der Waals surface area contributed by atoms with Crippen LogP contribution in [0.3, 0.4) is 0 Å². The topological polar surface area (TPSA) is 43.4 Å². The molecule has 5 unspecified atom stereocenters. The SMILES string of the molecule is CC1C2CC(C1C)C1(CC(=O)OC1=O)C2. The Balaban J connectivity index is 1.97. The van der Waals surface area contributed by atoms with Crippen molar-refractivity contribution in [3.63, 3.8) is 0 Å². The number of esters is 2. The molecule has 0 amide bonds. The van der Waals surface area contributed by atoms with Crippen LogP contribution >= 0.6 is 0 Å². The van der Waals surface area contributed by atoms with Gasteiger partial charge in [-0.05, 0) is 36.5 Å². The van der Waals surface area contributed by atoms with Gasteiger partial charge in [0.15, 0.2) is 0 Å². The second-order valence-corrected chi connectivity index (χ2v) is 5.62. The average molecular weight is 208 g/mol. The molecule has 0 radical (unpaired) electrons. The van der Waals surface area contributed by atoms with Crippen molar-refractivity contribution in [3.8, 4) is 0 Å². The maximum Gasteiger partial charge on any atom is 0.320 e. The van der Waals surface area contributed by atoms with Crippen LogP contribution in [0.5, 0.6) is 0 Å². The molecule has 5 atom stereocenters. The Labute approximate surface area is 89.2 Å². The summed E-state index contributed by atoms with van der Waals surface area (Å²) in [6, 6.07) is 0. The number of hydrogen-bond acceptors (Lipinski definition) is 3. The predicted octanol–water partition coefficient (Wildman–Crippen LogP) is 1.76. The van der Waals surface area contributed by atoms with Gasteiger partial charge >= 0.3 is 11.9 Å². The third-order valence-electron chi connectivity index (χ3n) is 5.17. The van der Waals surface area contributed by atoms with E-state index in [-0.39, 0.29) is 11.9 Å². The zero-order valence-corrected chi connectivity index (χ0v) is 9.16. The highest BCUT2D eigenvalue weighted by molar-refractivity contribution is 5.98. The molecule has 3 heteroatoms. The minimum absolute atomic E-state index is 0.237. The van der Waals surface area contributed by atoms with E-state index in [0.717, 1.165) is 12.8 Å². The lowest BCUT2D eigenvalue weighted by Crippen LogP contribution is -2.38. The minimum atomic E-state index is -0.423. The van der Waals surface area contributed by atoms with E-state index in [4.69, 9.17) is 4.74 Å². The van der Waals surface area contributed by atoms with E-state index in [0.29, 0.717) is 30.1 Å². The van der Waals surface area contributed by atoms with Gasteiger partial charge in [-0.15, -0.1) is 0 Å². The fraction of sp³-hybridized carbons (Fsp3) is 0.833. The van der Waals surface area contributed by atoms with Crippen molar-refractivity contribution in [1.82, 2.24) is 0 Å². The van der Waals surface area contributed by atoms with Crippen LogP contribution in [0.15, 0.2) is 0 Å². The molecular weight excluding hydrogens is 192 g/mol. The molecule has 1 spiro atoms. The van der Waals surface area contributed by atoms with Gasteiger partial charge < -0.3 is 4.74 Å². The fourth-order valence-corrected chi connectivity index (χ4v) is 4.18. The highest BCUT2D eigenvalue weighted by atomic mass is 16.6. The maximum absolute atomic E-state index is 11.8. The summed E-state index contributed by atoms with van der Waals surface area (Å²) in [6.45, 7) is 4.48. The molecule has 3 fully saturated rings. The largest absolute Gasteiger partial charge is 0.393 e. The monoisotopic (exact) mass is 208 g/mol. The summed E-state index contributed by atoms with van der Waals surface area (Å²) in [4.78, 5) is 23.0. The van der Waals surface area contributed by atoms with E-state index in [2.05, 4.69) is 13.8 Å². The Kier molecular flexibility index (Phi) is 1.64. The van der Waals surface area contributed by atoms with E-state index < -0.39 is 5.41 Å². The summed E-state index contributed by atoms with van der Waals surface area (Å²) >= 11 is 0. The quantitative estimate of drug-likeness (QED) is 0.450. The number of carbonyl (C=O) groups excluding carboxylic acids is 2. The van der Waals surface area contributed by atoms with Gasteiger partial charge in [-0.2, -0.15) is 0 Å². The average Bonchev–Trinajstić information content (AvgIpc) is 2.74. The lowest BCUT2D eigenvalue weighted by molar-refractivity contribution is -0.157. The van der Waals surface area contributed by atoms with Crippen molar-refractivity contribution in [1.29, 1.82) is 0 Å². The Hall–Kier alpha value is -0.860. The fourth-order valence-electron chi connectivity index (χ4n) is 4.18. The molecule has 3 rings (SSSR count). The molecule has 0 aromatic heterocycles. The summed E-state index contributed by atoms with van der Waals surface area (Å²) in [5, 5.41) is 0. The normalized spacial score (nSPS) is 52.9. The number of ether oxygens (including phenoxy) is 1. The van der Waals surface area contributed by atoms with Crippen LogP contribution in [-0.4, -0.2) is 11.9 Å². The number of carbonyl (C=O) groups is 2. The highest BCUT2D eigenvalue weighted by Crippen LogP contribution is 2.64. The molecule has 1 saturated heterocycles. The molecule has 1 heterocycles. The first-order valence-corrected chi connectivity index (χ1v) is 5.80.